The maximum absolute atomic E-state index is 15.0. The monoisotopic (exact) mass is 431 g/mol. The van der Waals surface area contributed by atoms with Gasteiger partial charge in [0.05, 0.1) is 10.8 Å². The van der Waals surface area contributed by atoms with Crippen molar-refractivity contribution < 1.29 is 17.5 Å². The molecule has 0 aliphatic carbocycles. The van der Waals surface area contributed by atoms with Crippen LogP contribution < -0.4 is 10.5 Å². The van der Waals surface area contributed by atoms with Crippen molar-refractivity contribution in [3.8, 4) is 5.75 Å². The summed E-state index contributed by atoms with van der Waals surface area (Å²) in [6, 6.07) is 25.3. The van der Waals surface area contributed by atoms with E-state index in [0.717, 1.165) is 10.8 Å². The van der Waals surface area contributed by atoms with Gasteiger partial charge in [0, 0.05) is 16.5 Å². The fourth-order valence-corrected chi connectivity index (χ4v) is 5.72. The Morgan fingerprint density at radius 1 is 0.774 bits per heavy atom. The molecule has 0 aromatic heterocycles. The number of allylic oxidation sites excluding steroid dienone is 1. The Balaban J connectivity index is 1.84. The van der Waals surface area contributed by atoms with Gasteiger partial charge >= 0.3 is 0 Å². The van der Waals surface area contributed by atoms with Crippen LogP contribution in [0.25, 0.3) is 10.8 Å². The Morgan fingerprint density at radius 2 is 1.45 bits per heavy atom. The summed E-state index contributed by atoms with van der Waals surface area (Å²) < 4.78 is 48.1. The van der Waals surface area contributed by atoms with E-state index in [1.807, 2.05) is 30.3 Å². The van der Waals surface area contributed by atoms with Gasteiger partial charge in [-0.3, -0.25) is 0 Å². The number of hydrogen-bond donors (Lipinski definition) is 1. The first-order valence-corrected chi connectivity index (χ1v) is 11.2. The highest BCUT2D eigenvalue weighted by Gasteiger charge is 2.40. The van der Waals surface area contributed by atoms with Crippen LogP contribution >= 0.6 is 0 Å². The second-order valence-electron chi connectivity index (χ2n) is 7.31. The molecule has 1 aliphatic rings. The first-order chi connectivity index (χ1) is 15.0. The van der Waals surface area contributed by atoms with E-state index < -0.39 is 21.6 Å². The number of nitrogens with two attached hydrogens (primary N) is 1. The molecule has 2 N–H and O–H groups in total. The number of hydrogen-bond acceptors (Lipinski definition) is 4. The van der Waals surface area contributed by atoms with Crippen LogP contribution in [0, 0.1) is 5.82 Å². The average molecular weight is 431 g/mol. The lowest BCUT2D eigenvalue weighted by molar-refractivity contribution is 0.398. The minimum absolute atomic E-state index is 0.0714. The van der Waals surface area contributed by atoms with Crippen LogP contribution in [0.1, 0.15) is 17.0 Å². The fourth-order valence-electron chi connectivity index (χ4n) is 4.08. The van der Waals surface area contributed by atoms with Gasteiger partial charge in [0.1, 0.15) is 16.5 Å². The Labute approximate surface area is 179 Å². The second-order valence-corrected chi connectivity index (χ2v) is 9.22. The van der Waals surface area contributed by atoms with Gasteiger partial charge in [-0.05, 0) is 23.6 Å². The molecule has 154 valence electrons. The van der Waals surface area contributed by atoms with Gasteiger partial charge in [0.2, 0.25) is 15.7 Å². The molecule has 1 atom stereocenters. The molecule has 0 bridgehead atoms. The van der Waals surface area contributed by atoms with Gasteiger partial charge in [-0.25, -0.2) is 12.8 Å². The molecule has 4 aromatic rings. The van der Waals surface area contributed by atoms with E-state index in [4.69, 9.17) is 10.5 Å². The Hall–Kier alpha value is -3.64. The lowest BCUT2D eigenvalue weighted by Crippen LogP contribution is -2.27. The first kappa shape index (κ1) is 19.3. The van der Waals surface area contributed by atoms with Crippen molar-refractivity contribution in [2.45, 2.75) is 10.8 Å². The summed E-state index contributed by atoms with van der Waals surface area (Å²) in [5, 5.41) is 1.69. The van der Waals surface area contributed by atoms with Crippen molar-refractivity contribution >= 4 is 20.6 Å². The fraction of sp³-hybridized carbons (Fsp3) is 0.0400. The maximum atomic E-state index is 15.0. The minimum atomic E-state index is -4.06. The average Bonchev–Trinajstić information content (AvgIpc) is 2.79. The zero-order valence-corrected chi connectivity index (χ0v) is 17.1. The zero-order valence-electron chi connectivity index (χ0n) is 16.3. The summed E-state index contributed by atoms with van der Waals surface area (Å²) in [7, 11) is -4.06. The topological polar surface area (TPSA) is 69.4 Å². The van der Waals surface area contributed by atoms with E-state index in [9.17, 15) is 12.8 Å². The van der Waals surface area contributed by atoms with Crippen LogP contribution in [0.2, 0.25) is 0 Å². The maximum Gasteiger partial charge on any atom is 0.208 e. The van der Waals surface area contributed by atoms with Crippen molar-refractivity contribution in [3.63, 3.8) is 0 Å². The zero-order chi connectivity index (χ0) is 21.6. The first-order valence-electron chi connectivity index (χ1n) is 9.72. The molecule has 4 nitrogen and oxygen atoms in total. The van der Waals surface area contributed by atoms with Crippen LogP contribution in [-0.4, -0.2) is 8.42 Å². The Morgan fingerprint density at radius 3 is 2.23 bits per heavy atom. The molecule has 0 fully saturated rings. The van der Waals surface area contributed by atoms with Gasteiger partial charge in [-0.1, -0.05) is 72.8 Å². The van der Waals surface area contributed by atoms with Gasteiger partial charge in [0.15, 0.2) is 0 Å². The Kier molecular flexibility index (Phi) is 4.52. The third-order valence-corrected chi connectivity index (χ3v) is 7.41. The SMILES string of the molecule is NC1=C(S(=O)(=O)c2ccccc2)C(c2ccccc2F)c2ccc3ccccc3c2O1. The summed E-state index contributed by atoms with van der Waals surface area (Å²) in [5.74, 6) is -1.27. The number of fused-ring (bicyclic) bond motifs is 3. The lowest BCUT2D eigenvalue weighted by Gasteiger charge is -2.30. The summed E-state index contributed by atoms with van der Waals surface area (Å²) >= 11 is 0. The highest BCUT2D eigenvalue weighted by Crippen LogP contribution is 2.48. The molecule has 6 heteroatoms. The molecule has 1 heterocycles. The number of sulfone groups is 1. The van der Waals surface area contributed by atoms with Crippen LogP contribution in [-0.2, 0) is 9.84 Å². The molecule has 1 aliphatic heterocycles. The smallest absolute Gasteiger partial charge is 0.208 e. The van der Waals surface area contributed by atoms with Gasteiger partial charge < -0.3 is 10.5 Å². The molecular formula is C25H18FNO3S. The predicted molar refractivity (Wildman–Crippen MR) is 118 cm³/mol. The molecule has 0 saturated heterocycles. The number of rotatable bonds is 3. The van der Waals surface area contributed by atoms with Crippen molar-refractivity contribution in [1.82, 2.24) is 0 Å². The second kappa shape index (κ2) is 7.25. The van der Waals surface area contributed by atoms with Crippen molar-refractivity contribution in [3.05, 3.63) is 119 Å². The minimum Gasteiger partial charge on any atom is -0.440 e. The van der Waals surface area contributed by atoms with Crippen LogP contribution in [0.3, 0.4) is 0 Å². The summed E-state index contributed by atoms with van der Waals surface area (Å²) in [5.41, 5.74) is 7.01. The molecule has 0 radical (unpaired) electrons. The van der Waals surface area contributed by atoms with Gasteiger partial charge in [-0.15, -0.1) is 0 Å². The third kappa shape index (κ3) is 3.07. The Bertz CT molecular complexity index is 1450. The number of halogens is 1. The van der Waals surface area contributed by atoms with E-state index in [0.29, 0.717) is 11.3 Å². The summed E-state index contributed by atoms with van der Waals surface area (Å²) in [6.07, 6.45) is 0. The van der Waals surface area contributed by atoms with E-state index in [1.54, 1.807) is 42.5 Å². The molecule has 0 saturated carbocycles. The molecular weight excluding hydrogens is 413 g/mol. The van der Waals surface area contributed by atoms with Crippen LogP contribution in [0.4, 0.5) is 4.39 Å². The lowest BCUT2D eigenvalue weighted by atomic mass is 9.87. The van der Waals surface area contributed by atoms with Crippen molar-refractivity contribution in [2.75, 3.05) is 0 Å². The van der Waals surface area contributed by atoms with E-state index in [1.165, 1.54) is 18.2 Å². The predicted octanol–water partition coefficient (Wildman–Crippen LogP) is 5.10. The number of ether oxygens (including phenoxy) is 1. The normalized spacial score (nSPS) is 16.1. The molecule has 0 amide bonds. The number of benzene rings is 4. The van der Waals surface area contributed by atoms with Gasteiger partial charge in [-0.2, -0.15) is 0 Å². The van der Waals surface area contributed by atoms with E-state index >= 15 is 0 Å². The quantitative estimate of drug-likeness (QED) is 0.490. The van der Waals surface area contributed by atoms with Crippen LogP contribution in [0.15, 0.2) is 107 Å². The highest BCUT2D eigenvalue weighted by atomic mass is 32.2. The largest absolute Gasteiger partial charge is 0.440 e. The van der Waals surface area contributed by atoms with E-state index in [-0.39, 0.29) is 21.2 Å². The van der Waals surface area contributed by atoms with E-state index in [2.05, 4.69) is 0 Å². The van der Waals surface area contributed by atoms with Gasteiger partial charge in [0.25, 0.3) is 0 Å². The molecule has 4 aromatic carbocycles. The molecule has 1 unspecified atom stereocenters. The highest BCUT2D eigenvalue weighted by molar-refractivity contribution is 7.95. The molecule has 31 heavy (non-hydrogen) atoms. The molecule has 0 spiro atoms. The van der Waals surface area contributed by atoms with Crippen molar-refractivity contribution in [1.29, 1.82) is 0 Å². The van der Waals surface area contributed by atoms with Crippen molar-refractivity contribution in [2.24, 2.45) is 5.73 Å². The van der Waals surface area contributed by atoms with Crippen LogP contribution in [0.5, 0.6) is 5.75 Å². The standard InChI is InChI=1S/C25H18FNO3S/c26-21-13-7-6-12-19(21)22-20-15-14-16-8-4-5-11-18(16)23(20)30-25(27)24(22)31(28,29)17-9-2-1-3-10-17/h1-15,22H,27H2. The summed E-state index contributed by atoms with van der Waals surface area (Å²) in [4.78, 5) is -0.0892. The summed E-state index contributed by atoms with van der Waals surface area (Å²) in [6.45, 7) is 0. The third-order valence-electron chi connectivity index (χ3n) is 5.50. The molecule has 5 rings (SSSR count).